The van der Waals surface area contributed by atoms with Crippen LogP contribution in [0.15, 0.2) is 56.8 Å². The lowest BCUT2D eigenvalue weighted by molar-refractivity contribution is -0.115. The summed E-state index contributed by atoms with van der Waals surface area (Å²) in [5, 5.41) is 13.4. The van der Waals surface area contributed by atoms with Crippen molar-refractivity contribution in [3.05, 3.63) is 57.4 Å². The minimum Gasteiger partial charge on any atom is -0.507 e. The molecule has 124 valence electrons. The molecule has 1 aromatic heterocycles. The van der Waals surface area contributed by atoms with Gasteiger partial charge in [0.2, 0.25) is 5.13 Å². The van der Waals surface area contributed by atoms with Crippen LogP contribution in [0.2, 0.25) is 0 Å². The number of aromatic hydroxyl groups is 1. The summed E-state index contributed by atoms with van der Waals surface area (Å²) in [6, 6.07) is 12.9. The summed E-state index contributed by atoms with van der Waals surface area (Å²) >= 11 is 6.01. The Labute approximate surface area is 159 Å². The van der Waals surface area contributed by atoms with E-state index in [4.69, 9.17) is 0 Å². The van der Waals surface area contributed by atoms with E-state index in [-0.39, 0.29) is 11.7 Å². The number of amidine groups is 1. The fourth-order valence-corrected chi connectivity index (χ4v) is 4.36. The normalized spacial score (nSPS) is 17.6. The van der Waals surface area contributed by atoms with Gasteiger partial charge in [-0.3, -0.25) is 4.79 Å². The molecule has 1 aliphatic heterocycles. The van der Waals surface area contributed by atoms with Crippen LogP contribution in [0.4, 0.5) is 5.13 Å². The first kappa shape index (κ1) is 16.3. The number of rotatable bonds is 2. The summed E-state index contributed by atoms with van der Waals surface area (Å²) in [5.41, 5.74) is 1.70. The zero-order chi connectivity index (χ0) is 17.4. The molecule has 1 amide bonds. The van der Waals surface area contributed by atoms with Crippen molar-refractivity contribution in [1.29, 1.82) is 0 Å². The van der Waals surface area contributed by atoms with Crippen LogP contribution in [0, 0.1) is 0 Å². The average molecular weight is 432 g/mol. The molecule has 4 rings (SSSR count). The van der Waals surface area contributed by atoms with Crippen molar-refractivity contribution in [2.24, 2.45) is 4.99 Å². The van der Waals surface area contributed by atoms with Gasteiger partial charge in [-0.1, -0.05) is 29.5 Å². The number of phenols is 1. The number of carbonyl (C=O) groups is 1. The van der Waals surface area contributed by atoms with Crippen molar-refractivity contribution >= 4 is 71.5 Å². The van der Waals surface area contributed by atoms with Crippen LogP contribution >= 0.6 is 39.0 Å². The molecule has 1 saturated heterocycles. The molecule has 1 fully saturated rings. The van der Waals surface area contributed by atoms with Crippen molar-refractivity contribution in [1.82, 2.24) is 10.3 Å². The molecule has 0 spiro atoms. The number of aromatic nitrogens is 1. The Bertz CT molecular complexity index is 1030. The van der Waals surface area contributed by atoms with E-state index < -0.39 is 0 Å². The number of thioether (sulfide) groups is 1. The maximum Gasteiger partial charge on any atom is 0.264 e. The molecule has 0 radical (unpaired) electrons. The average Bonchev–Trinajstić information content (AvgIpc) is 3.14. The number of thiazole rings is 1. The summed E-state index contributed by atoms with van der Waals surface area (Å²) < 4.78 is 1.63. The summed E-state index contributed by atoms with van der Waals surface area (Å²) in [5.74, 6) is -0.0437. The van der Waals surface area contributed by atoms with Gasteiger partial charge in [0.1, 0.15) is 5.75 Å². The Morgan fingerprint density at radius 1 is 1.24 bits per heavy atom. The molecule has 3 aromatic rings. The highest BCUT2D eigenvalue weighted by Crippen LogP contribution is 2.33. The van der Waals surface area contributed by atoms with E-state index in [1.165, 1.54) is 23.1 Å². The number of halogens is 1. The molecule has 2 N–H and O–H groups in total. The Balaban J connectivity index is 1.60. The highest BCUT2D eigenvalue weighted by Gasteiger charge is 2.24. The largest absolute Gasteiger partial charge is 0.507 e. The van der Waals surface area contributed by atoms with Gasteiger partial charge in [0, 0.05) is 0 Å². The molecular formula is C17H10BrN3O2S2. The molecular weight excluding hydrogens is 422 g/mol. The zero-order valence-corrected chi connectivity index (χ0v) is 15.8. The van der Waals surface area contributed by atoms with Crippen molar-refractivity contribution in [2.45, 2.75) is 0 Å². The third kappa shape index (κ3) is 3.46. The standard InChI is InChI=1S/C17H10BrN3O2S2/c18-10-7-9(5-6-12(10)22)8-14-15(23)20-17(25-14)21-16-19-11-3-1-2-4-13(11)24-16/h1-8,22H,(H,19,20,21,23)/b14-8-. The first-order chi connectivity index (χ1) is 12.1. The smallest absolute Gasteiger partial charge is 0.264 e. The number of phenolic OH excluding ortho intramolecular Hbond substituents is 1. The first-order valence-electron chi connectivity index (χ1n) is 7.22. The fraction of sp³-hybridized carbons (Fsp3) is 0. The van der Waals surface area contributed by atoms with Gasteiger partial charge < -0.3 is 10.4 Å². The van der Waals surface area contributed by atoms with E-state index in [0.29, 0.717) is 19.7 Å². The Hall–Kier alpha value is -2.16. The number of para-hydroxylation sites is 1. The molecule has 0 aliphatic carbocycles. The third-order valence-corrected chi connectivity index (χ3v) is 5.88. The van der Waals surface area contributed by atoms with Crippen LogP contribution in [0.1, 0.15) is 5.56 Å². The zero-order valence-electron chi connectivity index (χ0n) is 12.6. The predicted molar refractivity (Wildman–Crippen MR) is 106 cm³/mol. The van der Waals surface area contributed by atoms with Gasteiger partial charge in [0.25, 0.3) is 5.91 Å². The van der Waals surface area contributed by atoms with E-state index in [1.807, 2.05) is 24.3 Å². The number of nitrogens with one attached hydrogen (secondary N) is 1. The molecule has 5 nitrogen and oxygen atoms in total. The second-order valence-electron chi connectivity index (χ2n) is 5.16. The van der Waals surface area contributed by atoms with Gasteiger partial charge in [0.15, 0.2) is 5.17 Å². The SMILES string of the molecule is O=C1NC(=Nc2nc3ccccc3s2)S/C1=C\c1ccc(O)c(Br)c1. The van der Waals surface area contributed by atoms with Gasteiger partial charge in [-0.25, -0.2) is 4.98 Å². The number of hydrogen-bond acceptors (Lipinski definition) is 6. The molecule has 2 aromatic carbocycles. The lowest BCUT2D eigenvalue weighted by Crippen LogP contribution is -2.19. The van der Waals surface area contributed by atoms with Gasteiger partial charge in [-0.05, 0) is 63.6 Å². The van der Waals surface area contributed by atoms with Crippen molar-refractivity contribution in [2.75, 3.05) is 0 Å². The molecule has 0 unspecified atom stereocenters. The lowest BCUT2D eigenvalue weighted by Gasteiger charge is -1.99. The summed E-state index contributed by atoms with van der Waals surface area (Å²) in [7, 11) is 0. The third-order valence-electron chi connectivity index (χ3n) is 3.40. The van der Waals surface area contributed by atoms with Crippen LogP contribution in [0.5, 0.6) is 5.75 Å². The highest BCUT2D eigenvalue weighted by atomic mass is 79.9. The molecule has 8 heteroatoms. The van der Waals surface area contributed by atoms with E-state index in [1.54, 1.807) is 24.3 Å². The number of hydrogen-bond donors (Lipinski definition) is 2. The number of nitrogens with zero attached hydrogens (tertiary/aromatic N) is 2. The Morgan fingerprint density at radius 2 is 2.08 bits per heavy atom. The molecule has 25 heavy (non-hydrogen) atoms. The topological polar surface area (TPSA) is 74.6 Å². The van der Waals surface area contributed by atoms with Crippen LogP contribution in [0.3, 0.4) is 0 Å². The molecule has 0 bridgehead atoms. The fourth-order valence-electron chi connectivity index (χ4n) is 2.24. The maximum absolute atomic E-state index is 12.1. The highest BCUT2D eigenvalue weighted by molar-refractivity contribution is 9.10. The monoisotopic (exact) mass is 431 g/mol. The second kappa shape index (κ2) is 6.62. The Morgan fingerprint density at radius 3 is 2.88 bits per heavy atom. The maximum atomic E-state index is 12.1. The minimum atomic E-state index is -0.200. The molecule has 0 atom stereocenters. The van der Waals surface area contributed by atoms with Gasteiger partial charge >= 0.3 is 0 Å². The number of benzene rings is 2. The van der Waals surface area contributed by atoms with Crippen LogP contribution in [0.25, 0.3) is 16.3 Å². The van der Waals surface area contributed by atoms with Crippen molar-refractivity contribution in [3.8, 4) is 5.75 Å². The first-order valence-corrected chi connectivity index (χ1v) is 9.65. The van der Waals surface area contributed by atoms with Crippen LogP contribution < -0.4 is 5.32 Å². The number of amides is 1. The minimum absolute atomic E-state index is 0.156. The number of fused-ring (bicyclic) bond motifs is 1. The van der Waals surface area contributed by atoms with Crippen LogP contribution in [-0.2, 0) is 4.79 Å². The predicted octanol–water partition coefficient (Wildman–Crippen LogP) is 4.66. The van der Waals surface area contributed by atoms with Crippen molar-refractivity contribution < 1.29 is 9.90 Å². The molecule has 0 saturated carbocycles. The van der Waals surface area contributed by atoms with Gasteiger partial charge in [0.05, 0.1) is 19.6 Å². The summed E-state index contributed by atoms with van der Waals surface area (Å²) in [4.78, 5) is 21.6. The van der Waals surface area contributed by atoms with E-state index >= 15 is 0 Å². The van der Waals surface area contributed by atoms with Crippen molar-refractivity contribution in [3.63, 3.8) is 0 Å². The van der Waals surface area contributed by atoms with Crippen LogP contribution in [-0.4, -0.2) is 21.2 Å². The van der Waals surface area contributed by atoms with E-state index in [2.05, 4.69) is 31.2 Å². The van der Waals surface area contributed by atoms with E-state index in [9.17, 15) is 9.90 Å². The second-order valence-corrected chi connectivity index (χ2v) is 8.05. The number of aliphatic imine (C=N–C) groups is 1. The van der Waals surface area contributed by atoms with E-state index in [0.717, 1.165) is 15.8 Å². The number of carbonyl (C=O) groups excluding carboxylic acids is 1. The molecule has 1 aliphatic rings. The molecule has 2 heterocycles. The van der Waals surface area contributed by atoms with Gasteiger partial charge in [-0.15, -0.1) is 0 Å². The van der Waals surface area contributed by atoms with Gasteiger partial charge in [-0.2, -0.15) is 4.99 Å². The summed E-state index contributed by atoms with van der Waals surface area (Å²) in [6.07, 6.45) is 1.76. The Kier molecular flexibility index (Phi) is 4.32. The summed E-state index contributed by atoms with van der Waals surface area (Å²) in [6.45, 7) is 0. The lowest BCUT2D eigenvalue weighted by atomic mass is 10.2. The quantitative estimate of drug-likeness (QED) is 0.578.